The minimum atomic E-state index is -0.436. The summed E-state index contributed by atoms with van der Waals surface area (Å²) >= 11 is 6.34. The maximum Gasteiger partial charge on any atom is 0.107 e. The maximum atomic E-state index is 6.34. The number of alkyl halides is 1. The van der Waals surface area contributed by atoms with Gasteiger partial charge >= 0.3 is 0 Å². The summed E-state index contributed by atoms with van der Waals surface area (Å²) in [6.07, 6.45) is 11.6. The third kappa shape index (κ3) is 4.40. The van der Waals surface area contributed by atoms with Crippen LogP contribution in [0.5, 0.6) is 0 Å². The number of ether oxygens (including phenoxy) is 1. The van der Waals surface area contributed by atoms with Gasteiger partial charge in [-0.1, -0.05) is 48.6 Å². The van der Waals surface area contributed by atoms with Crippen LogP contribution in [0.2, 0.25) is 0 Å². The van der Waals surface area contributed by atoms with E-state index in [4.69, 9.17) is 16.3 Å². The second-order valence-corrected chi connectivity index (χ2v) is 7.73. The third-order valence-electron chi connectivity index (χ3n) is 6.01. The Hall–Kier alpha value is -1.13. The molecule has 26 heavy (non-hydrogen) atoms. The fourth-order valence-electron chi connectivity index (χ4n) is 4.12. The van der Waals surface area contributed by atoms with Gasteiger partial charge in [-0.2, -0.15) is 0 Å². The second-order valence-electron chi connectivity index (χ2n) is 7.47. The molecule has 1 aromatic rings. The Morgan fingerprint density at radius 3 is 2.42 bits per heavy atom. The zero-order chi connectivity index (χ0) is 18.4. The SMILES string of the molecule is CNC1CCC(NCC2C=C(c3ccccc3)C=CC2(CCl)OC)CC1. The van der Waals surface area contributed by atoms with Gasteiger partial charge in [0.15, 0.2) is 0 Å². The number of benzene rings is 1. The van der Waals surface area contributed by atoms with Gasteiger partial charge in [-0.3, -0.25) is 0 Å². The van der Waals surface area contributed by atoms with E-state index in [0.717, 1.165) is 6.54 Å². The lowest BCUT2D eigenvalue weighted by Crippen LogP contribution is -2.48. The Kier molecular flexibility index (Phi) is 6.93. The molecule has 2 aliphatic carbocycles. The zero-order valence-corrected chi connectivity index (χ0v) is 16.6. The van der Waals surface area contributed by atoms with Crippen molar-refractivity contribution in [3.05, 3.63) is 54.1 Å². The van der Waals surface area contributed by atoms with Gasteiger partial charge in [-0.05, 0) is 43.9 Å². The highest BCUT2D eigenvalue weighted by Gasteiger charge is 2.37. The van der Waals surface area contributed by atoms with Crippen molar-refractivity contribution < 1.29 is 4.74 Å². The summed E-state index contributed by atoms with van der Waals surface area (Å²) in [5, 5.41) is 7.19. The minimum Gasteiger partial charge on any atom is -0.372 e. The van der Waals surface area contributed by atoms with Gasteiger partial charge in [-0.15, -0.1) is 11.6 Å². The van der Waals surface area contributed by atoms with Crippen molar-refractivity contribution in [2.45, 2.75) is 43.4 Å². The Bertz CT molecular complexity index is 616. The van der Waals surface area contributed by atoms with E-state index >= 15 is 0 Å². The molecule has 1 saturated carbocycles. The van der Waals surface area contributed by atoms with E-state index < -0.39 is 5.60 Å². The lowest BCUT2D eigenvalue weighted by molar-refractivity contribution is 0.0149. The summed E-state index contributed by atoms with van der Waals surface area (Å²) in [7, 11) is 3.83. The Morgan fingerprint density at radius 2 is 1.81 bits per heavy atom. The van der Waals surface area contributed by atoms with Crippen LogP contribution in [-0.2, 0) is 4.74 Å². The molecule has 0 aromatic heterocycles. The zero-order valence-electron chi connectivity index (χ0n) is 15.9. The summed E-state index contributed by atoms with van der Waals surface area (Å²) < 4.78 is 5.89. The predicted molar refractivity (Wildman–Crippen MR) is 111 cm³/mol. The first-order valence-electron chi connectivity index (χ1n) is 9.69. The highest BCUT2D eigenvalue weighted by Crippen LogP contribution is 2.35. The molecule has 1 fully saturated rings. The first-order chi connectivity index (χ1) is 12.7. The van der Waals surface area contributed by atoms with Crippen LogP contribution in [-0.4, -0.2) is 44.3 Å². The monoisotopic (exact) mass is 374 g/mol. The molecule has 0 radical (unpaired) electrons. The van der Waals surface area contributed by atoms with Gasteiger partial charge in [0.25, 0.3) is 0 Å². The van der Waals surface area contributed by atoms with Crippen LogP contribution in [0.1, 0.15) is 31.2 Å². The highest BCUT2D eigenvalue weighted by molar-refractivity contribution is 6.18. The molecule has 2 aliphatic rings. The average molecular weight is 375 g/mol. The molecule has 2 unspecified atom stereocenters. The van der Waals surface area contributed by atoms with Gasteiger partial charge in [0.1, 0.15) is 5.60 Å². The molecule has 3 rings (SSSR count). The lowest BCUT2D eigenvalue weighted by atomic mass is 9.80. The topological polar surface area (TPSA) is 33.3 Å². The van der Waals surface area contributed by atoms with E-state index in [1.165, 1.54) is 36.8 Å². The molecule has 0 aliphatic heterocycles. The van der Waals surface area contributed by atoms with E-state index in [0.29, 0.717) is 18.0 Å². The van der Waals surface area contributed by atoms with E-state index in [2.05, 4.69) is 66.2 Å². The number of hydrogen-bond acceptors (Lipinski definition) is 3. The van der Waals surface area contributed by atoms with Crippen LogP contribution in [0.4, 0.5) is 0 Å². The van der Waals surface area contributed by atoms with Crippen LogP contribution in [0.15, 0.2) is 48.6 Å². The van der Waals surface area contributed by atoms with Gasteiger partial charge in [-0.25, -0.2) is 0 Å². The van der Waals surface area contributed by atoms with Crippen molar-refractivity contribution in [3.8, 4) is 0 Å². The lowest BCUT2D eigenvalue weighted by Gasteiger charge is -2.38. The molecule has 3 nitrogen and oxygen atoms in total. The minimum absolute atomic E-state index is 0.215. The van der Waals surface area contributed by atoms with Crippen molar-refractivity contribution in [3.63, 3.8) is 0 Å². The van der Waals surface area contributed by atoms with E-state index in [9.17, 15) is 0 Å². The van der Waals surface area contributed by atoms with Gasteiger partial charge in [0.05, 0.1) is 5.88 Å². The smallest absolute Gasteiger partial charge is 0.107 e. The van der Waals surface area contributed by atoms with Crippen molar-refractivity contribution in [2.24, 2.45) is 5.92 Å². The third-order valence-corrected chi connectivity index (χ3v) is 6.43. The number of allylic oxidation sites excluding steroid dienone is 2. The number of halogens is 1. The molecular formula is C22H31ClN2O. The second kappa shape index (κ2) is 9.18. The number of methoxy groups -OCH3 is 1. The van der Waals surface area contributed by atoms with E-state index in [1.54, 1.807) is 7.11 Å². The predicted octanol–water partition coefficient (Wildman–Crippen LogP) is 4.00. The molecule has 0 amide bonds. The Labute approximate surface area is 162 Å². The van der Waals surface area contributed by atoms with E-state index in [-0.39, 0.29) is 5.92 Å². The molecule has 142 valence electrons. The summed E-state index contributed by atoms with van der Waals surface area (Å²) in [5.41, 5.74) is 2.05. The van der Waals surface area contributed by atoms with Gasteiger partial charge in [0.2, 0.25) is 0 Å². The number of nitrogens with one attached hydrogen (secondary N) is 2. The number of hydrogen-bond donors (Lipinski definition) is 2. The van der Waals surface area contributed by atoms with Gasteiger partial charge in [0, 0.05) is 31.7 Å². The van der Waals surface area contributed by atoms with Crippen molar-refractivity contribution in [1.82, 2.24) is 10.6 Å². The fraction of sp³-hybridized carbons (Fsp3) is 0.545. The summed E-state index contributed by atoms with van der Waals surface area (Å²) in [4.78, 5) is 0. The fourth-order valence-corrected chi connectivity index (χ4v) is 4.52. The van der Waals surface area contributed by atoms with Crippen LogP contribution in [0.3, 0.4) is 0 Å². The van der Waals surface area contributed by atoms with Crippen molar-refractivity contribution in [1.29, 1.82) is 0 Å². The average Bonchev–Trinajstić information content (AvgIpc) is 2.73. The first-order valence-corrected chi connectivity index (χ1v) is 10.2. The van der Waals surface area contributed by atoms with Crippen molar-refractivity contribution in [2.75, 3.05) is 26.6 Å². The van der Waals surface area contributed by atoms with Gasteiger partial charge < -0.3 is 15.4 Å². The molecule has 1 aromatic carbocycles. The van der Waals surface area contributed by atoms with Crippen LogP contribution in [0, 0.1) is 5.92 Å². The van der Waals surface area contributed by atoms with Crippen LogP contribution < -0.4 is 10.6 Å². The largest absolute Gasteiger partial charge is 0.372 e. The maximum absolute atomic E-state index is 6.34. The molecule has 0 spiro atoms. The van der Waals surface area contributed by atoms with Crippen LogP contribution in [0.25, 0.3) is 5.57 Å². The molecular weight excluding hydrogens is 344 g/mol. The molecule has 4 heteroatoms. The first kappa shape index (κ1) is 19.6. The van der Waals surface area contributed by atoms with E-state index in [1.807, 2.05) is 0 Å². The van der Waals surface area contributed by atoms with Crippen molar-refractivity contribution >= 4 is 17.2 Å². The standard InChI is InChI=1S/C22H31ClN2O/c1-24-20-8-10-21(11-9-20)25-15-19-14-18(17-6-4-3-5-7-17)12-13-22(19,16-23)26-2/h3-7,12-14,19-21,24-25H,8-11,15-16H2,1-2H3. The normalized spacial score (nSPS) is 31.7. The highest BCUT2D eigenvalue weighted by atomic mass is 35.5. The Balaban J connectivity index is 1.70. The summed E-state index contributed by atoms with van der Waals surface area (Å²) in [5.74, 6) is 0.671. The van der Waals surface area contributed by atoms with Crippen LogP contribution >= 0.6 is 11.6 Å². The Morgan fingerprint density at radius 1 is 1.12 bits per heavy atom. The molecule has 2 N–H and O–H groups in total. The molecule has 0 bridgehead atoms. The summed E-state index contributed by atoms with van der Waals surface area (Å²) in [6, 6.07) is 11.8. The molecule has 0 heterocycles. The quantitative estimate of drug-likeness (QED) is 0.708. The number of rotatable bonds is 7. The molecule has 2 atom stereocenters. The summed E-state index contributed by atoms with van der Waals surface area (Å²) in [6.45, 7) is 0.885. The molecule has 0 saturated heterocycles.